The van der Waals surface area contributed by atoms with Gasteiger partial charge >= 0.3 is 0 Å². The van der Waals surface area contributed by atoms with E-state index in [0.29, 0.717) is 11.7 Å². The van der Waals surface area contributed by atoms with Crippen molar-refractivity contribution in [3.8, 4) is 0 Å². The van der Waals surface area contributed by atoms with Gasteiger partial charge < -0.3 is 9.73 Å². The van der Waals surface area contributed by atoms with Crippen LogP contribution in [0.2, 0.25) is 0 Å². The van der Waals surface area contributed by atoms with Gasteiger partial charge in [0.15, 0.2) is 5.76 Å². The molecule has 1 aromatic heterocycles. The van der Waals surface area contributed by atoms with E-state index in [2.05, 4.69) is 32.1 Å². The van der Waals surface area contributed by atoms with E-state index in [1.54, 1.807) is 0 Å². The first-order chi connectivity index (χ1) is 11.1. The second-order valence-electron chi connectivity index (χ2n) is 6.13. The van der Waals surface area contributed by atoms with Gasteiger partial charge in [-0.2, -0.15) is 0 Å². The van der Waals surface area contributed by atoms with Crippen LogP contribution in [0.3, 0.4) is 0 Å². The number of halogens is 1. The molecule has 1 aliphatic heterocycles. The Labute approximate surface area is 142 Å². The number of carbonyl (C=O) groups excluding carboxylic acids is 1. The number of para-hydroxylation sites is 1. The predicted molar refractivity (Wildman–Crippen MR) is 91.2 cm³/mol. The maximum atomic E-state index is 12.6. The second kappa shape index (κ2) is 5.78. The average molecular weight is 376 g/mol. The Morgan fingerprint density at radius 2 is 2.22 bits per heavy atom. The van der Waals surface area contributed by atoms with Crippen molar-refractivity contribution >= 4 is 27.5 Å². The van der Waals surface area contributed by atoms with Crippen molar-refractivity contribution in [1.29, 1.82) is 0 Å². The number of furan rings is 1. The number of amides is 1. The number of fused-ring (bicyclic) bond motifs is 3. The molecule has 1 aromatic carbocycles. The molecule has 4 rings (SSSR count). The number of hydrazine groups is 1. The first-order valence-corrected chi connectivity index (χ1v) is 8.61. The average Bonchev–Trinajstić information content (AvgIpc) is 3.13. The first-order valence-electron chi connectivity index (χ1n) is 7.81. The standard InChI is InChI=1S/C17H18BrN3O2/c1-9-14-13(7-6-10-8-19-21-15(10)14)23-16(9)17(22)20-12-5-3-2-4-11(12)18/h2-5,10,15,19,21H,6-8H2,1H3,(H,20,22). The van der Waals surface area contributed by atoms with E-state index in [1.807, 2.05) is 31.2 Å². The van der Waals surface area contributed by atoms with Crippen molar-refractivity contribution in [2.75, 3.05) is 11.9 Å². The van der Waals surface area contributed by atoms with Crippen LogP contribution in [0.5, 0.6) is 0 Å². The molecule has 0 saturated carbocycles. The molecule has 1 saturated heterocycles. The number of carbonyl (C=O) groups is 1. The van der Waals surface area contributed by atoms with Gasteiger partial charge in [0.2, 0.25) is 0 Å². The molecule has 6 heteroatoms. The number of anilines is 1. The van der Waals surface area contributed by atoms with Gasteiger partial charge in [0.05, 0.1) is 11.7 Å². The van der Waals surface area contributed by atoms with Crippen LogP contribution in [-0.4, -0.2) is 12.5 Å². The number of aryl methyl sites for hydroxylation is 1. The molecule has 5 nitrogen and oxygen atoms in total. The van der Waals surface area contributed by atoms with E-state index in [4.69, 9.17) is 4.42 Å². The van der Waals surface area contributed by atoms with Crippen LogP contribution in [0, 0.1) is 12.8 Å². The normalized spacial score (nSPS) is 22.5. The Morgan fingerprint density at radius 3 is 3.04 bits per heavy atom. The maximum Gasteiger partial charge on any atom is 0.291 e. The molecule has 1 amide bonds. The minimum atomic E-state index is -0.202. The van der Waals surface area contributed by atoms with E-state index >= 15 is 0 Å². The monoisotopic (exact) mass is 375 g/mol. The van der Waals surface area contributed by atoms with Gasteiger partial charge in [-0.1, -0.05) is 12.1 Å². The third kappa shape index (κ3) is 2.51. The van der Waals surface area contributed by atoms with E-state index in [-0.39, 0.29) is 11.9 Å². The van der Waals surface area contributed by atoms with Crippen LogP contribution in [0.4, 0.5) is 5.69 Å². The van der Waals surface area contributed by atoms with Crippen LogP contribution in [0.25, 0.3) is 0 Å². The number of hydrogen-bond donors (Lipinski definition) is 3. The lowest BCUT2D eigenvalue weighted by atomic mass is 9.83. The van der Waals surface area contributed by atoms with Crippen molar-refractivity contribution in [2.45, 2.75) is 25.8 Å². The number of nitrogens with one attached hydrogen (secondary N) is 3. The zero-order chi connectivity index (χ0) is 16.0. The minimum absolute atomic E-state index is 0.202. The molecule has 120 valence electrons. The highest BCUT2D eigenvalue weighted by Gasteiger charge is 2.38. The summed E-state index contributed by atoms with van der Waals surface area (Å²) in [5.74, 6) is 1.72. The third-order valence-electron chi connectivity index (χ3n) is 4.74. The maximum absolute atomic E-state index is 12.6. The van der Waals surface area contributed by atoms with Crippen LogP contribution in [0.1, 0.15) is 39.9 Å². The van der Waals surface area contributed by atoms with E-state index in [0.717, 1.165) is 46.4 Å². The first kappa shape index (κ1) is 14.9. The molecule has 2 heterocycles. The summed E-state index contributed by atoms with van der Waals surface area (Å²) in [5.41, 5.74) is 9.37. The van der Waals surface area contributed by atoms with E-state index in [1.165, 1.54) is 0 Å². The number of benzene rings is 1. The van der Waals surface area contributed by atoms with Crippen LogP contribution < -0.4 is 16.2 Å². The van der Waals surface area contributed by atoms with Gasteiger partial charge in [-0.3, -0.25) is 10.2 Å². The van der Waals surface area contributed by atoms with Crippen LogP contribution in [0.15, 0.2) is 33.2 Å². The molecular weight excluding hydrogens is 358 g/mol. The highest BCUT2D eigenvalue weighted by Crippen LogP contribution is 2.40. The topological polar surface area (TPSA) is 66.3 Å². The summed E-state index contributed by atoms with van der Waals surface area (Å²) in [5, 5.41) is 2.92. The molecule has 2 aromatic rings. The van der Waals surface area contributed by atoms with Crippen molar-refractivity contribution in [1.82, 2.24) is 10.9 Å². The van der Waals surface area contributed by atoms with E-state index in [9.17, 15) is 4.79 Å². The van der Waals surface area contributed by atoms with Gasteiger partial charge in [-0.15, -0.1) is 0 Å². The zero-order valence-electron chi connectivity index (χ0n) is 12.8. The van der Waals surface area contributed by atoms with Gasteiger partial charge in [-0.05, 0) is 47.3 Å². The summed E-state index contributed by atoms with van der Waals surface area (Å²) in [4.78, 5) is 12.6. The molecule has 0 bridgehead atoms. The lowest BCUT2D eigenvalue weighted by Gasteiger charge is -2.23. The third-order valence-corrected chi connectivity index (χ3v) is 5.44. The molecule has 2 atom stereocenters. The molecule has 0 radical (unpaired) electrons. The quantitative estimate of drug-likeness (QED) is 0.753. The Morgan fingerprint density at radius 1 is 1.39 bits per heavy atom. The molecule has 2 unspecified atom stereocenters. The highest BCUT2D eigenvalue weighted by molar-refractivity contribution is 9.10. The molecule has 3 N–H and O–H groups in total. The Bertz CT molecular complexity index is 771. The fourth-order valence-corrected chi connectivity index (χ4v) is 3.95. The second-order valence-corrected chi connectivity index (χ2v) is 6.98. The number of rotatable bonds is 2. The van der Waals surface area contributed by atoms with Crippen molar-refractivity contribution < 1.29 is 9.21 Å². The van der Waals surface area contributed by atoms with Gasteiger partial charge in [0.25, 0.3) is 5.91 Å². The molecule has 1 aliphatic carbocycles. The smallest absolute Gasteiger partial charge is 0.291 e. The molecule has 2 aliphatic rings. The lowest BCUT2D eigenvalue weighted by Crippen LogP contribution is -2.27. The van der Waals surface area contributed by atoms with Gasteiger partial charge in [0, 0.05) is 28.6 Å². The fraction of sp³-hybridized carbons (Fsp3) is 0.353. The molecule has 23 heavy (non-hydrogen) atoms. The lowest BCUT2D eigenvalue weighted by molar-refractivity contribution is 0.0994. The summed E-state index contributed by atoms with van der Waals surface area (Å²) < 4.78 is 6.77. The minimum Gasteiger partial charge on any atom is -0.455 e. The number of hydrogen-bond acceptors (Lipinski definition) is 4. The Kier molecular flexibility index (Phi) is 3.75. The summed E-state index contributed by atoms with van der Waals surface area (Å²) in [7, 11) is 0. The van der Waals surface area contributed by atoms with Gasteiger partial charge in [0.1, 0.15) is 5.76 Å². The molecule has 0 spiro atoms. The SMILES string of the molecule is Cc1c(C(=O)Nc2ccccc2Br)oc2c1C1NNCC1CC2. The van der Waals surface area contributed by atoms with Gasteiger partial charge in [-0.25, -0.2) is 5.43 Å². The predicted octanol–water partition coefficient (Wildman–Crippen LogP) is 3.31. The highest BCUT2D eigenvalue weighted by atomic mass is 79.9. The zero-order valence-corrected chi connectivity index (χ0v) is 14.4. The van der Waals surface area contributed by atoms with Crippen molar-refractivity contribution in [2.24, 2.45) is 5.92 Å². The van der Waals surface area contributed by atoms with Crippen molar-refractivity contribution in [3.05, 3.63) is 51.4 Å². The van der Waals surface area contributed by atoms with Crippen LogP contribution in [-0.2, 0) is 6.42 Å². The summed E-state index contributed by atoms with van der Waals surface area (Å²) in [6.45, 7) is 2.94. The van der Waals surface area contributed by atoms with E-state index < -0.39 is 0 Å². The molecular formula is C17H18BrN3O2. The Balaban J connectivity index is 1.65. The Hall–Kier alpha value is -1.63. The van der Waals surface area contributed by atoms with Crippen LogP contribution >= 0.6 is 15.9 Å². The summed E-state index contributed by atoms with van der Waals surface area (Å²) >= 11 is 3.45. The fourth-order valence-electron chi connectivity index (χ4n) is 3.57. The largest absolute Gasteiger partial charge is 0.455 e. The summed E-state index contributed by atoms with van der Waals surface area (Å²) in [6.07, 6.45) is 1.97. The summed E-state index contributed by atoms with van der Waals surface area (Å²) in [6, 6.07) is 7.80. The van der Waals surface area contributed by atoms with Crippen molar-refractivity contribution in [3.63, 3.8) is 0 Å². The molecule has 1 fully saturated rings.